The lowest BCUT2D eigenvalue weighted by atomic mass is 9.98. The molecule has 3 nitrogen and oxygen atoms in total. The Hall–Kier alpha value is -1.86. The zero-order valence-electron chi connectivity index (χ0n) is 12.3. The second-order valence-corrected chi connectivity index (χ2v) is 5.57. The second-order valence-electron chi connectivity index (χ2n) is 5.57. The molecule has 21 heavy (non-hydrogen) atoms. The molecule has 0 saturated heterocycles. The standard InChI is InChI=1S/C17H21FN2O/c1-12-4-2-5-14(12)11-20-17(21)16-8-7-15(18)10-13(16)6-3-9-19/h7-8,10,12,14H,2,4-5,9,11,19H2,1H3,(H,20,21). The second kappa shape index (κ2) is 7.24. The Morgan fingerprint density at radius 3 is 2.95 bits per heavy atom. The largest absolute Gasteiger partial charge is 0.352 e. The number of hydrogen-bond acceptors (Lipinski definition) is 2. The molecular formula is C17H21FN2O. The summed E-state index contributed by atoms with van der Waals surface area (Å²) in [6.07, 6.45) is 3.61. The number of rotatable bonds is 3. The van der Waals surface area contributed by atoms with E-state index in [4.69, 9.17) is 5.73 Å². The Morgan fingerprint density at radius 1 is 1.48 bits per heavy atom. The lowest BCUT2D eigenvalue weighted by Gasteiger charge is -2.16. The average molecular weight is 288 g/mol. The van der Waals surface area contributed by atoms with Gasteiger partial charge in [-0.2, -0.15) is 0 Å². The summed E-state index contributed by atoms with van der Waals surface area (Å²) in [4.78, 5) is 12.3. The molecule has 3 N–H and O–H groups in total. The van der Waals surface area contributed by atoms with Crippen molar-refractivity contribution < 1.29 is 9.18 Å². The molecular weight excluding hydrogens is 267 g/mol. The zero-order chi connectivity index (χ0) is 15.2. The van der Waals surface area contributed by atoms with Gasteiger partial charge < -0.3 is 11.1 Å². The highest BCUT2D eigenvalue weighted by molar-refractivity contribution is 5.96. The zero-order valence-corrected chi connectivity index (χ0v) is 12.3. The van der Waals surface area contributed by atoms with Gasteiger partial charge in [0.05, 0.1) is 12.1 Å². The fourth-order valence-corrected chi connectivity index (χ4v) is 2.81. The van der Waals surface area contributed by atoms with Gasteiger partial charge in [0.1, 0.15) is 5.82 Å². The molecule has 2 unspecified atom stereocenters. The molecule has 2 rings (SSSR count). The molecule has 0 bridgehead atoms. The third-order valence-corrected chi connectivity index (χ3v) is 4.12. The van der Waals surface area contributed by atoms with Gasteiger partial charge in [0, 0.05) is 12.1 Å². The summed E-state index contributed by atoms with van der Waals surface area (Å²) in [5.41, 5.74) is 6.12. The minimum atomic E-state index is -0.405. The summed E-state index contributed by atoms with van der Waals surface area (Å²) < 4.78 is 13.3. The Balaban J connectivity index is 2.07. The van der Waals surface area contributed by atoms with Crippen LogP contribution in [0.25, 0.3) is 0 Å². The number of hydrogen-bond donors (Lipinski definition) is 2. The maximum Gasteiger partial charge on any atom is 0.252 e. The van der Waals surface area contributed by atoms with E-state index in [1.54, 1.807) is 0 Å². The Labute approximate surface area is 125 Å². The van der Waals surface area contributed by atoms with Crippen LogP contribution in [0.2, 0.25) is 0 Å². The van der Waals surface area contributed by atoms with E-state index in [1.807, 2.05) is 0 Å². The van der Waals surface area contributed by atoms with E-state index < -0.39 is 5.82 Å². The fraction of sp³-hybridized carbons (Fsp3) is 0.471. The molecule has 1 amide bonds. The number of amides is 1. The van der Waals surface area contributed by atoms with E-state index in [-0.39, 0.29) is 12.5 Å². The van der Waals surface area contributed by atoms with Crippen molar-refractivity contribution in [3.63, 3.8) is 0 Å². The topological polar surface area (TPSA) is 55.1 Å². The summed E-state index contributed by atoms with van der Waals surface area (Å²) >= 11 is 0. The first-order chi connectivity index (χ1) is 10.1. The van der Waals surface area contributed by atoms with Crippen LogP contribution in [0.1, 0.15) is 42.1 Å². The predicted octanol–water partition coefficient (Wildman–Crippen LogP) is 2.30. The van der Waals surface area contributed by atoms with E-state index in [2.05, 4.69) is 24.1 Å². The van der Waals surface area contributed by atoms with Gasteiger partial charge >= 0.3 is 0 Å². The minimum Gasteiger partial charge on any atom is -0.352 e. The summed E-state index contributed by atoms with van der Waals surface area (Å²) in [5.74, 6) is 6.00. The average Bonchev–Trinajstić information content (AvgIpc) is 2.88. The van der Waals surface area contributed by atoms with Gasteiger partial charge in [-0.15, -0.1) is 0 Å². The van der Waals surface area contributed by atoms with Crippen molar-refractivity contribution in [3.05, 3.63) is 35.1 Å². The normalized spacial score (nSPS) is 20.7. The van der Waals surface area contributed by atoms with Crippen molar-refractivity contribution in [2.45, 2.75) is 26.2 Å². The first-order valence-electron chi connectivity index (χ1n) is 7.38. The monoisotopic (exact) mass is 288 g/mol. The molecule has 0 aromatic heterocycles. The molecule has 1 aliphatic carbocycles. The number of benzene rings is 1. The number of carbonyl (C=O) groups is 1. The fourth-order valence-electron chi connectivity index (χ4n) is 2.81. The van der Waals surface area contributed by atoms with Crippen LogP contribution < -0.4 is 11.1 Å². The molecule has 0 heterocycles. The highest BCUT2D eigenvalue weighted by atomic mass is 19.1. The third kappa shape index (κ3) is 4.05. The van der Waals surface area contributed by atoms with Crippen LogP contribution in [0, 0.1) is 29.5 Å². The Morgan fingerprint density at radius 2 is 2.29 bits per heavy atom. The quantitative estimate of drug-likeness (QED) is 0.839. The van der Waals surface area contributed by atoms with Crippen LogP contribution in [0.5, 0.6) is 0 Å². The predicted molar refractivity (Wildman–Crippen MR) is 81.2 cm³/mol. The van der Waals surface area contributed by atoms with E-state index >= 15 is 0 Å². The molecule has 0 radical (unpaired) electrons. The molecule has 1 saturated carbocycles. The number of halogens is 1. The lowest BCUT2D eigenvalue weighted by Crippen LogP contribution is -2.30. The van der Waals surface area contributed by atoms with E-state index in [0.29, 0.717) is 29.5 Å². The first-order valence-corrected chi connectivity index (χ1v) is 7.38. The van der Waals surface area contributed by atoms with Gasteiger partial charge in [0.15, 0.2) is 0 Å². The van der Waals surface area contributed by atoms with Crippen LogP contribution in [0.3, 0.4) is 0 Å². The summed E-state index contributed by atoms with van der Waals surface area (Å²) in [5, 5.41) is 2.95. The molecule has 4 heteroatoms. The highest BCUT2D eigenvalue weighted by Crippen LogP contribution is 2.30. The van der Waals surface area contributed by atoms with Gasteiger partial charge in [0.2, 0.25) is 0 Å². The van der Waals surface area contributed by atoms with Crippen molar-refractivity contribution in [2.75, 3.05) is 13.1 Å². The van der Waals surface area contributed by atoms with Crippen LogP contribution in [-0.4, -0.2) is 19.0 Å². The van der Waals surface area contributed by atoms with Crippen molar-refractivity contribution in [3.8, 4) is 11.8 Å². The Kier molecular flexibility index (Phi) is 5.35. The number of carbonyl (C=O) groups excluding carboxylic acids is 1. The summed E-state index contributed by atoms with van der Waals surface area (Å²) in [6, 6.07) is 4.03. The molecule has 0 aliphatic heterocycles. The van der Waals surface area contributed by atoms with Crippen LogP contribution >= 0.6 is 0 Å². The smallest absolute Gasteiger partial charge is 0.252 e. The van der Waals surface area contributed by atoms with Crippen molar-refractivity contribution in [1.29, 1.82) is 0 Å². The van der Waals surface area contributed by atoms with Gasteiger partial charge in [-0.05, 0) is 36.5 Å². The van der Waals surface area contributed by atoms with E-state index in [0.717, 1.165) is 6.42 Å². The van der Waals surface area contributed by atoms with Crippen LogP contribution in [0.15, 0.2) is 18.2 Å². The lowest BCUT2D eigenvalue weighted by molar-refractivity contribution is 0.0944. The highest BCUT2D eigenvalue weighted by Gasteiger charge is 2.24. The maximum atomic E-state index is 13.3. The molecule has 0 spiro atoms. The molecule has 112 valence electrons. The van der Waals surface area contributed by atoms with Gasteiger partial charge in [-0.3, -0.25) is 4.79 Å². The molecule has 1 aromatic rings. The van der Waals surface area contributed by atoms with Crippen molar-refractivity contribution >= 4 is 5.91 Å². The summed E-state index contributed by atoms with van der Waals surface area (Å²) in [7, 11) is 0. The van der Waals surface area contributed by atoms with Gasteiger partial charge in [-0.1, -0.05) is 31.6 Å². The maximum absolute atomic E-state index is 13.3. The van der Waals surface area contributed by atoms with E-state index in [1.165, 1.54) is 31.0 Å². The first kappa shape index (κ1) is 15.5. The van der Waals surface area contributed by atoms with Gasteiger partial charge in [0.25, 0.3) is 5.91 Å². The number of nitrogens with two attached hydrogens (primary N) is 1. The SMILES string of the molecule is CC1CCCC1CNC(=O)c1ccc(F)cc1C#CCN. The van der Waals surface area contributed by atoms with Crippen molar-refractivity contribution in [2.24, 2.45) is 17.6 Å². The molecule has 1 fully saturated rings. The molecule has 1 aromatic carbocycles. The van der Waals surface area contributed by atoms with E-state index in [9.17, 15) is 9.18 Å². The van der Waals surface area contributed by atoms with Gasteiger partial charge in [-0.25, -0.2) is 4.39 Å². The van der Waals surface area contributed by atoms with Crippen LogP contribution in [0.4, 0.5) is 4.39 Å². The molecule has 2 atom stereocenters. The third-order valence-electron chi connectivity index (χ3n) is 4.12. The van der Waals surface area contributed by atoms with Crippen molar-refractivity contribution in [1.82, 2.24) is 5.32 Å². The number of nitrogens with one attached hydrogen (secondary N) is 1. The minimum absolute atomic E-state index is 0.178. The molecule has 1 aliphatic rings. The van der Waals surface area contributed by atoms with Crippen LogP contribution in [-0.2, 0) is 0 Å². The summed E-state index contributed by atoms with van der Waals surface area (Å²) in [6.45, 7) is 3.07. The Bertz CT molecular complexity index is 574.